The second-order valence-electron chi connectivity index (χ2n) is 10.6. The highest BCUT2D eigenvalue weighted by atomic mass is 79.9. The second kappa shape index (κ2) is 12.3. The van der Waals surface area contributed by atoms with Crippen LogP contribution in [0.3, 0.4) is 0 Å². The van der Waals surface area contributed by atoms with Crippen LogP contribution in [0.5, 0.6) is 0 Å². The van der Waals surface area contributed by atoms with Gasteiger partial charge in [0.1, 0.15) is 12.6 Å². The Morgan fingerprint density at radius 1 is 0.923 bits per heavy atom. The van der Waals surface area contributed by atoms with Gasteiger partial charge in [-0.1, -0.05) is 58.4 Å². The van der Waals surface area contributed by atoms with Crippen molar-refractivity contribution in [3.8, 4) is 0 Å². The SMILES string of the molecule is Cc1cccc(N(CC(=O)N(Cc2ccc(Br)cc2)[C@@H](C)C(=O)NC(C)(C)C)S(=O)(=O)c2ccccc2)c1C. The summed E-state index contributed by atoms with van der Waals surface area (Å²) in [5.74, 6) is -0.813. The van der Waals surface area contributed by atoms with E-state index in [-0.39, 0.29) is 17.3 Å². The largest absolute Gasteiger partial charge is 0.350 e. The Hall–Kier alpha value is -3.17. The van der Waals surface area contributed by atoms with Crippen LogP contribution in [0.2, 0.25) is 0 Å². The first-order valence-corrected chi connectivity index (χ1v) is 14.9. The molecule has 9 heteroatoms. The number of anilines is 1. The minimum absolute atomic E-state index is 0.0803. The van der Waals surface area contributed by atoms with Crippen LogP contribution in [-0.2, 0) is 26.2 Å². The number of nitrogens with one attached hydrogen (secondary N) is 1. The van der Waals surface area contributed by atoms with Gasteiger partial charge in [-0.2, -0.15) is 0 Å². The molecule has 2 amide bonds. The summed E-state index contributed by atoms with van der Waals surface area (Å²) in [4.78, 5) is 28.7. The molecule has 39 heavy (non-hydrogen) atoms. The number of nitrogens with zero attached hydrogens (tertiary/aromatic N) is 2. The Kier molecular flexibility index (Phi) is 9.61. The van der Waals surface area contributed by atoms with E-state index in [1.54, 1.807) is 37.3 Å². The Morgan fingerprint density at radius 3 is 2.13 bits per heavy atom. The molecular weight excluding hydrogens is 578 g/mol. The maximum Gasteiger partial charge on any atom is 0.264 e. The van der Waals surface area contributed by atoms with E-state index in [1.807, 2.05) is 65.0 Å². The van der Waals surface area contributed by atoms with Gasteiger partial charge < -0.3 is 10.2 Å². The van der Waals surface area contributed by atoms with Crippen LogP contribution in [0.1, 0.15) is 44.4 Å². The molecule has 0 aliphatic rings. The van der Waals surface area contributed by atoms with Crippen molar-refractivity contribution in [2.75, 3.05) is 10.8 Å². The molecule has 0 heterocycles. The van der Waals surface area contributed by atoms with E-state index < -0.39 is 34.1 Å². The van der Waals surface area contributed by atoms with Crippen LogP contribution >= 0.6 is 15.9 Å². The molecule has 1 atom stereocenters. The fraction of sp³-hybridized carbons (Fsp3) is 0.333. The first-order valence-electron chi connectivity index (χ1n) is 12.7. The van der Waals surface area contributed by atoms with E-state index in [1.165, 1.54) is 17.0 Å². The quantitative estimate of drug-likeness (QED) is 0.341. The molecular formula is C30H36BrN3O4S. The van der Waals surface area contributed by atoms with Crippen molar-refractivity contribution in [3.63, 3.8) is 0 Å². The van der Waals surface area contributed by atoms with Gasteiger partial charge in [0, 0.05) is 16.6 Å². The smallest absolute Gasteiger partial charge is 0.264 e. The molecule has 3 rings (SSSR count). The molecule has 0 aliphatic carbocycles. The van der Waals surface area contributed by atoms with Crippen LogP contribution < -0.4 is 9.62 Å². The molecule has 0 fully saturated rings. The van der Waals surface area contributed by atoms with Crippen molar-refractivity contribution in [2.24, 2.45) is 0 Å². The van der Waals surface area contributed by atoms with Gasteiger partial charge in [-0.3, -0.25) is 13.9 Å². The molecule has 0 aromatic heterocycles. The molecule has 0 aliphatic heterocycles. The number of hydrogen-bond acceptors (Lipinski definition) is 4. The molecule has 0 unspecified atom stereocenters. The van der Waals surface area contributed by atoms with Gasteiger partial charge in [0.2, 0.25) is 11.8 Å². The van der Waals surface area contributed by atoms with Gasteiger partial charge in [0.05, 0.1) is 10.6 Å². The van der Waals surface area contributed by atoms with Gasteiger partial charge >= 0.3 is 0 Å². The van der Waals surface area contributed by atoms with Crippen molar-refractivity contribution in [1.29, 1.82) is 0 Å². The van der Waals surface area contributed by atoms with Crippen LogP contribution in [0.4, 0.5) is 5.69 Å². The molecule has 1 N–H and O–H groups in total. The van der Waals surface area contributed by atoms with E-state index in [4.69, 9.17) is 0 Å². The summed E-state index contributed by atoms with van der Waals surface area (Å²) < 4.78 is 29.9. The maximum atomic E-state index is 14.0. The molecule has 3 aromatic carbocycles. The average Bonchev–Trinajstić information content (AvgIpc) is 2.87. The lowest BCUT2D eigenvalue weighted by Gasteiger charge is -2.34. The molecule has 208 valence electrons. The van der Waals surface area contributed by atoms with Gasteiger partial charge in [-0.25, -0.2) is 8.42 Å². The summed E-state index contributed by atoms with van der Waals surface area (Å²) in [5.41, 5.74) is 2.38. The third-order valence-corrected chi connectivity index (χ3v) is 8.69. The highest BCUT2D eigenvalue weighted by Crippen LogP contribution is 2.29. The Balaban J connectivity index is 2.06. The maximum absolute atomic E-state index is 14.0. The third kappa shape index (κ3) is 7.70. The Bertz CT molecular complexity index is 1420. The number of benzene rings is 3. The van der Waals surface area contributed by atoms with E-state index in [2.05, 4.69) is 21.2 Å². The zero-order valence-electron chi connectivity index (χ0n) is 23.2. The van der Waals surface area contributed by atoms with Gasteiger partial charge in [0.25, 0.3) is 10.0 Å². The van der Waals surface area contributed by atoms with Crippen LogP contribution in [0.15, 0.2) is 82.2 Å². The lowest BCUT2D eigenvalue weighted by atomic mass is 10.1. The average molecular weight is 615 g/mol. The standard InChI is InChI=1S/C30H36BrN3O4S/c1-21-11-10-14-27(22(21)2)34(39(37,38)26-12-8-7-9-13-26)20-28(35)33(19-24-15-17-25(31)18-16-24)23(3)29(36)32-30(4,5)6/h7-18,23H,19-20H2,1-6H3,(H,32,36)/t23-/m0/s1. The molecule has 0 spiro atoms. The summed E-state index contributed by atoms with van der Waals surface area (Å²) in [7, 11) is -4.10. The Labute approximate surface area is 240 Å². The summed E-state index contributed by atoms with van der Waals surface area (Å²) in [6, 6.07) is 20.0. The number of hydrogen-bond donors (Lipinski definition) is 1. The number of amides is 2. The molecule has 7 nitrogen and oxygen atoms in total. The summed E-state index contributed by atoms with van der Waals surface area (Å²) in [5, 5.41) is 2.93. The minimum atomic E-state index is -4.10. The number of carbonyl (C=O) groups is 2. The van der Waals surface area contributed by atoms with Crippen LogP contribution in [0.25, 0.3) is 0 Å². The van der Waals surface area contributed by atoms with Crippen LogP contribution in [0, 0.1) is 13.8 Å². The first-order chi connectivity index (χ1) is 18.2. The van der Waals surface area contributed by atoms with Gasteiger partial charge in [-0.15, -0.1) is 0 Å². The molecule has 0 saturated carbocycles. The van der Waals surface area contributed by atoms with Crippen molar-refractivity contribution >= 4 is 43.5 Å². The lowest BCUT2D eigenvalue weighted by Crippen LogP contribution is -2.54. The summed E-state index contributed by atoms with van der Waals surface area (Å²) in [6.45, 7) is 10.7. The van der Waals surface area contributed by atoms with Crippen molar-refractivity contribution in [3.05, 3.63) is 94.0 Å². The zero-order chi connectivity index (χ0) is 29.0. The number of carbonyl (C=O) groups excluding carboxylic acids is 2. The van der Waals surface area contributed by atoms with Crippen molar-refractivity contribution in [1.82, 2.24) is 10.2 Å². The predicted molar refractivity (Wildman–Crippen MR) is 159 cm³/mol. The number of halogens is 1. The normalized spacial score (nSPS) is 12.5. The lowest BCUT2D eigenvalue weighted by molar-refractivity contribution is -0.140. The molecule has 3 aromatic rings. The predicted octanol–water partition coefficient (Wildman–Crippen LogP) is 5.59. The highest BCUT2D eigenvalue weighted by Gasteiger charge is 2.34. The van der Waals surface area contributed by atoms with Crippen molar-refractivity contribution in [2.45, 2.75) is 64.6 Å². The second-order valence-corrected chi connectivity index (χ2v) is 13.4. The molecule has 0 saturated heterocycles. The van der Waals surface area contributed by atoms with E-state index in [0.717, 1.165) is 25.5 Å². The minimum Gasteiger partial charge on any atom is -0.350 e. The highest BCUT2D eigenvalue weighted by molar-refractivity contribution is 9.10. The van der Waals surface area contributed by atoms with E-state index in [9.17, 15) is 18.0 Å². The van der Waals surface area contributed by atoms with Crippen molar-refractivity contribution < 1.29 is 18.0 Å². The molecule has 0 radical (unpaired) electrons. The number of aryl methyl sites for hydroxylation is 1. The third-order valence-electron chi connectivity index (χ3n) is 6.39. The zero-order valence-corrected chi connectivity index (χ0v) is 25.6. The topological polar surface area (TPSA) is 86.8 Å². The Morgan fingerprint density at radius 2 is 1.54 bits per heavy atom. The fourth-order valence-corrected chi connectivity index (χ4v) is 5.84. The summed E-state index contributed by atoms with van der Waals surface area (Å²) in [6.07, 6.45) is 0. The fourth-order valence-electron chi connectivity index (χ4n) is 4.08. The number of sulfonamides is 1. The molecule has 0 bridgehead atoms. The monoisotopic (exact) mass is 613 g/mol. The van der Waals surface area contributed by atoms with E-state index in [0.29, 0.717) is 5.69 Å². The summed E-state index contributed by atoms with van der Waals surface area (Å²) >= 11 is 3.42. The number of rotatable bonds is 9. The van der Waals surface area contributed by atoms with Gasteiger partial charge in [0.15, 0.2) is 0 Å². The van der Waals surface area contributed by atoms with Gasteiger partial charge in [-0.05, 0) is 88.6 Å². The van der Waals surface area contributed by atoms with E-state index >= 15 is 0 Å². The van der Waals surface area contributed by atoms with Crippen LogP contribution in [-0.4, -0.2) is 43.3 Å². The first kappa shape index (κ1) is 30.4.